The van der Waals surface area contributed by atoms with Gasteiger partial charge in [0.05, 0.1) is 29.5 Å². The van der Waals surface area contributed by atoms with Gasteiger partial charge in [0.25, 0.3) is 0 Å². The highest BCUT2D eigenvalue weighted by Crippen LogP contribution is 2.76. The molecule has 0 radical (unpaired) electrons. The van der Waals surface area contributed by atoms with Crippen LogP contribution in [0.15, 0.2) is 0 Å². The van der Waals surface area contributed by atoms with Gasteiger partial charge in [0.2, 0.25) is 0 Å². The zero-order valence-corrected chi connectivity index (χ0v) is 23.2. The summed E-state index contributed by atoms with van der Waals surface area (Å²) in [5.74, 6) is 1.59. The average molecular weight is 477 g/mol. The molecule has 4 aliphatic carbocycles. The number of ether oxygens (including phenoxy) is 1. The third-order valence-corrected chi connectivity index (χ3v) is 13.3. The maximum Gasteiger partial charge on any atom is 0.0865 e. The number of hydrogen-bond donors (Lipinski definition) is 3. The smallest absolute Gasteiger partial charge is 0.0865 e. The summed E-state index contributed by atoms with van der Waals surface area (Å²) in [6, 6.07) is 0. The summed E-state index contributed by atoms with van der Waals surface area (Å²) in [5, 5.41) is 33.4. The van der Waals surface area contributed by atoms with Gasteiger partial charge in [-0.05, 0) is 124 Å². The Balaban J connectivity index is 1.48. The lowest BCUT2D eigenvalue weighted by Crippen LogP contribution is -2.66. The van der Waals surface area contributed by atoms with Gasteiger partial charge in [0, 0.05) is 0 Å². The highest BCUT2D eigenvalue weighted by atomic mass is 16.5. The summed E-state index contributed by atoms with van der Waals surface area (Å²) in [6.45, 7) is 18.1. The van der Waals surface area contributed by atoms with Crippen LogP contribution in [0.2, 0.25) is 0 Å². The molecular weight excluding hydrogens is 424 g/mol. The molecule has 5 rings (SSSR count). The number of aliphatic hydroxyl groups is 3. The van der Waals surface area contributed by atoms with E-state index in [-0.39, 0.29) is 51.5 Å². The van der Waals surface area contributed by atoms with Gasteiger partial charge in [-0.15, -0.1) is 0 Å². The first-order valence-corrected chi connectivity index (χ1v) is 14.3. The maximum absolute atomic E-state index is 11.9. The summed E-state index contributed by atoms with van der Waals surface area (Å²) >= 11 is 0. The molecule has 1 saturated heterocycles. The van der Waals surface area contributed by atoms with Crippen molar-refractivity contribution in [3.8, 4) is 0 Å². The second-order valence-corrected chi connectivity index (χ2v) is 15.4. The minimum Gasteiger partial charge on any atom is -0.393 e. The molecule has 0 aromatic rings. The molecule has 34 heavy (non-hydrogen) atoms. The molecule has 0 aromatic heterocycles. The van der Waals surface area contributed by atoms with Crippen LogP contribution in [0.4, 0.5) is 0 Å². The highest BCUT2D eigenvalue weighted by molar-refractivity contribution is 5.20. The Morgan fingerprint density at radius 1 is 0.765 bits per heavy atom. The molecule has 4 heteroatoms. The van der Waals surface area contributed by atoms with E-state index < -0.39 is 5.60 Å². The van der Waals surface area contributed by atoms with Crippen LogP contribution in [-0.4, -0.2) is 44.8 Å². The number of hydrogen-bond acceptors (Lipinski definition) is 4. The van der Waals surface area contributed by atoms with Crippen LogP contribution < -0.4 is 0 Å². The van der Waals surface area contributed by atoms with E-state index in [1.807, 2.05) is 13.8 Å². The van der Waals surface area contributed by atoms with E-state index in [9.17, 15) is 15.3 Å². The van der Waals surface area contributed by atoms with E-state index in [0.29, 0.717) is 17.8 Å². The number of fused-ring (bicyclic) bond motifs is 5. The molecule has 5 aliphatic rings. The molecule has 3 N–H and O–H groups in total. The van der Waals surface area contributed by atoms with Crippen molar-refractivity contribution in [2.75, 3.05) is 0 Å². The van der Waals surface area contributed by atoms with Gasteiger partial charge in [0.15, 0.2) is 0 Å². The van der Waals surface area contributed by atoms with Crippen molar-refractivity contribution in [3.05, 3.63) is 0 Å². The molecule has 0 aromatic carbocycles. The van der Waals surface area contributed by atoms with Gasteiger partial charge in [-0.2, -0.15) is 0 Å². The lowest BCUT2D eigenvalue weighted by Gasteiger charge is -2.70. The third-order valence-electron chi connectivity index (χ3n) is 13.3. The molecule has 0 bridgehead atoms. The summed E-state index contributed by atoms with van der Waals surface area (Å²) < 4.78 is 6.66. The minimum atomic E-state index is -0.826. The zero-order chi connectivity index (χ0) is 25.1. The monoisotopic (exact) mass is 476 g/mol. The van der Waals surface area contributed by atoms with Crippen LogP contribution in [0.5, 0.6) is 0 Å². The predicted octanol–water partition coefficient (Wildman–Crippen LogP) is 5.71. The fraction of sp³-hybridized carbons (Fsp3) is 1.00. The Morgan fingerprint density at radius 2 is 1.41 bits per heavy atom. The predicted molar refractivity (Wildman–Crippen MR) is 135 cm³/mol. The molecule has 1 aliphatic heterocycles. The molecular formula is C30H52O4. The van der Waals surface area contributed by atoms with E-state index in [4.69, 9.17) is 4.74 Å². The summed E-state index contributed by atoms with van der Waals surface area (Å²) in [5.41, 5.74) is -0.703. The van der Waals surface area contributed by atoms with Crippen molar-refractivity contribution < 1.29 is 20.1 Å². The van der Waals surface area contributed by atoms with Crippen LogP contribution in [0.3, 0.4) is 0 Å². The van der Waals surface area contributed by atoms with Gasteiger partial charge in [-0.25, -0.2) is 0 Å². The van der Waals surface area contributed by atoms with Crippen LogP contribution in [0.1, 0.15) is 113 Å². The molecule has 0 amide bonds. The zero-order valence-electron chi connectivity index (χ0n) is 23.2. The molecule has 196 valence electrons. The highest BCUT2D eigenvalue weighted by Gasteiger charge is 2.71. The lowest BCUT2D eigenvalue weighted by atomic mass is 9.35. The van der Waals surface area contributed by atoms with Gasteiger partial charge >= 0.3 is 0 Å². The van der Waals surface area contributed by atoms with E-state index in [1.54, 1.807) is 0 Å². The Kier molecular flexibility index (Phi) is 5.59. The topological polar surface area (TPSA) is 69.9 Å². The lowest BCUT2D eigenvalue weighted by molar-refractivity contribution is -0.248. The van der Waals surface area contributed by atoms with Gasteiger partial charge in [0.1, 0.15) is 0 Å². The van der Waals surface area contributed by atoms with Crippen molar-refractivity contribution in [3.63, 3.8) is 0 Å². The largest absolute Gasteiger partial charge is 0.393 e. The van der Waals surface area contributed by atoms with E-state index >= 15 is 0 Å². The maximum atomic E-state index is 11.9. The van der Waals surface area contributed by atoms with Crippen molar-refractivity contribution >= 4 is 0 Å². The molecule has 0 spiro atoms. The first-order valence-electron chi connectivity index (χ1n) is 14.3. The number of aliphatic hydroxyl groups excluding tert-OH is 2. The third kappa shape index (κ3) is 3.16. The number of rotatable bonds is 2. The summed E-state index contributed by atoms with van der Waals surface area (Å²) in [6.07, 6.45) is 8.72. The van der Waals surface area contributed by atoms with Crippen molar-refractivity contribution in [2.24, 2.45) is 45.3 Å². The van der Waals surface area contributed by atoms with Crippen LogP contribution in [0.25, 0.3) is 0 Å². The normalized spacial score (nSPS) is 57.1. The molecule has 4 nitrogen and oxygen atoms in total. The summed E-state index contributed by atoms with van der Waals surface area (Å²) in [7, 11) is 0. The quantitative estimate of drug-likeness (QED) is 0.477. The van der Waals surface area contributed by atoms with Crippen LogP contribution >= 0.6 is 0 Å². The molecule has 1 heterocycles. The van der Waals surface area contributed by atoms with Crippen molar-refractivity contribution in [1.82, 2.24) is 0 Å². The molecule has 11 atom stereocenters. The summed E-state index contributed by atoms with van der Waals surface area (Å²) in [4.78, 5) is 0. The van der Waals surface area contributed by atoms with Crippen molar-refractivity contribution in [2.45, 2.75) is 143 Å². The second-order valence-electron chi connectivity index (χ2n) is 15.4. The SMILES string of the molecule is CC(C)(O)[C@H]1CC[C@@](C)([C@H]2CC[C@@]3(C)[C@H]2[C@H](O)C[C@@H]2[C@@]4(C)CC[C@@H](O)C(C)(C)[C@@H]4CC[C@]23C)O1. The average Bonchev–Trinajstić information content (AvgIpc) is 3.30. The van der Waals surface area contributed by atoms with Gasteiger partial charge < -0.3 is 20.1 Å². The Hall–Kier alpha value is -0.160. The Bertz CT molecular complexity index is 817. The van der Waals surface area contributed by atoms with Gasteiger partial charge in [-0.1, -0.05) is 34.6 Å². The first-order chi connectivity index (χ1) is 15.5. The van der Waals surface area contributed by atoms with Crippen molar-refractivity contribution in [1.29, 1.82) is 0 Å². The van der Waals surface area contributed by atoms with E-state index in [1.165, 1.54) is 12.8 Å². The fourth-order valence-corrected chi connectivity index (χ4v) is 11.1. The van der Waals surface area contributed by atoms with Gasteiger partial charge in [-0.3, -0.25) is 0 Å². The molecule has 4 saturated carbocycles. The molecule has 5 fully saturated rings. The standard InChI is InChI=1S/C30H52O4/c1-25(2)20-10-15-28(6)21(27(20,5)13-11-22(25)32)17-19(31)24-18(9-14-29(24,28)7)30(8)16-12-23(34-30)26(3,4)33/h18-24,31-33H,9-17H2,1-8H3/t18-,19+,20-,21+,22+,23+,24+,27-,28+,29-,30-/m0/s1. The molecule has 0 unspecified atom stereocenters. The fourth-order valence-electron chi connectivity index (χ4n) is 11.1. The van der Waals surface area contributed by atoms with E-state index in [0.717, 1.165) is 44.9 Å². The second kappa shape index (κ2) is 7.45. The minimum absolute atomic E-state index is 0.0630. The Labute approximate surface area is 208 Å². The first kappa shape index (κ1) is 25.5. The Morgan fingerprint density at radius 3 is 2.03 bits per heavy atom. The van der Waals surface area contributed by atoms with Crippen LogP contribution in [0, 0.1) is 45.3 Å². The van der Waals surface area contributed by atoms with Crippen LogP contribution in [-0.2, 0) is 4.74 Å². The van der Waals surface area contributed by atoms with E-state index in [2.05, 4.69) is 41.5 Å².